The van der Waals surface area contributed by atoms with Gasteiger partial charge in [-0.05, 0) is 74.5 Å². The zero-order chi connectivity index (χ0) is 27.5. The molecule has 1 fully saturated rings. The van der Waals surface area contributed by atoms with Crippen LogP contribution in [0.25, 0.3) is 22.2 Å². The van der Waals surface area contributed by atoms with Crippen LogP contribution in [0.15, 0.2) is 78.9 Å². The third-order valence-electron chi connectivity index (χ3n) is 7.11. The number of nitrogens with one attached hydrogen (secondary N) is 3. The number of likely N-dealkylation sites (N-methyl/N-ethyl adjacent to an activating group) is 1. The summed E-state index contributed by atoms with van der Waals surface area (Å²) >= 11 is 0. The molecular weight excluding hydrogens is 490 g/mol. The number of rotatable bonds is 7. The minimum absolute atomic E-state index is 0.0564. The third kappa shape index (κ3) is 5.71. The normalized spacial score (nSPS) is 15.9. The Morgan fingerprint density at radius 2 is 1.64 bits per heavy atom. The second-order valence-corrected chi connectivity index (χ2v) is 10.2. The van der Waals surface area contributed by atoms with E-state index in [1.807, 2.05) is 97.9 Å². The topological polar surface area (TPSA) is 97.5 Å². The van der Waals surface area contributed by atoms with Gasteiger partial charge in [0.2, 0.25) is 17.7 Å². The SMILES string of the molecule is CC(=O)Nc1ccc(-c2cc3cc(NC(=O)[C@@H]4CCCN4C(=O)C(c4ccccc4)N(C)C)ccc3[nH]2)cc1. The number of carbonyl (C=O) groups excluding carboxylic acids is 3. The maximum absolute atomic E-state index is 13.6. The summed E-state index contributed by atoms with van der Waals surface area (Å²) in [6, 6.07) is 24.1. The highest BCUT2D eigenvalue weighted by atomic mass is 16.2. The molecule has 0 saturated carbocycles. The average Bonchev–Trinajstić information content (AvgIpc) is 3.57. The second-order valence-electron chi connectivity index (χ2n) is 10.2. The van der Waals surface area contributed by atoms with Crippen molar-refractivity contribution in [1.29, 1.82) is 0 Å². The zero-order valence-corrected chi connectivity index (χ0v) is 22.4. The van der Waals surface area contributed by atoms with Crippen molar-refractivity contribution in [3.8, 4) is 11.3 Å². The molecule has 3 aromatic carbocycles. The quantitative estimate of drug-likeness (QED) is 0.317. The highest BCUT2D eigenvalue weighted by Gasteiger charge is 2.38. The molecule has 2 heterocycles. The molecule has 1 unspecified atom stereocenters. The fourth-order valence-corrected chi connectivity index (χ4v) is 5.28. The van der Waals surface area contributed by atoms with E-state index in [2.05, 4.69) is 15.6 Å². The van der Waals surface area contributed by atoms with Crippen molar-refractivity contribution in [2.75, 3.05) is 31.3 Å². The van der Waals surface area contributed by atoms with Gasteiger partial charge < -0.3 is 20.5 Å². The number of nitrogens with zero attached hydrogens (tertiary/aromatic N) is 2. The molecule has 3 N–H and O–H groups in total. The molecule has 8 nitrogen and oxygen atoms in total. The van der Waals surface area contributed by atoms with E-state index in [9.17, 15) is 14.4 Å². The van der Waals surface area contributed by atoms with Gasteiger partial charge in [-0.3, -0.25) is 19.3 Å². The predicted octanol–water partition coefficient (Wildman–Crippen LogP) is 5.03. The number of H-pyrrole nitrogens is 1. The van der Waals surface area contributed by atoms with E-state index in [1.54, 1.807) is 4.90 Å². The summed E-state index contributed by atoms with van der Waals surface area (Å²) in [5.74, 6) is -0.337. The van der Waals surface area contributed by atoms with Gasteiger partial charge in [-0.25, -0.2) is 0 Å². The van der Waals surface area contributed by atoms with Crippen molar-refractivity contribution in [3.63, 3.8) is 0 Å². The van der Waals surface area contributed by atoms with Crippen LogP contribution in [-0.4, -0.2) is 59.2 Å². The number of amides is 3. The molecule has 2 atom stereocenters. The van der Waals surface area contributed by atoms with Gasteiger partial charge in [0, 0.05) is 41.4 Å². The Bertz CT molecular complexity index is 1490. The number of anilines is 2. The van der Waals surface area contributed by atoms with Gasteiger partial charge in [0.15, 0.2) is 0 Å². The first-order valence-corrected chi connectivity index (χ1v) is 13.1. The molecule has 5 rings (SSSR count). The fourth-order valence-electron chi connectivity index (χ4n) is 5.28. The molecule has 0 aliphatic carbocycles. The van der Waals surface area contributed by atoms with Crippen molar-refractivity contribution in [2.45, 2.75) is 31.8 Å². The molecule has 1 aromatic heterocycles. The number of aromatic nitrogens is 1. The molecule has 8 heteroatoms. The van der Waals surface area contributed by atoms with Crippen LogP contribution < -0.4 is 10.6 Å². The van der Waals surface area contributed by atoms with E-state index in [4.69, 9.17) is 0 Å². The van der Waals surface area contributed by atoms with Crippen LogP contribution in [0.5, 0.6) is 0 Å². The van der Waals surface area contributed by atoms with Crippen molar-refractivity contribution < 1.29 is 14.4 Å². The smallest absolute Gasteiger partial charge is 0.247 e. The lowest BCUT2D eigenvalue weighted by atomic mass is 10.0. The predicted molar refractivity (Wildman–Crippen MR) is 154 cm³/mol. The monoisotopic (exact) mass is 523 g/mol. The molecule has 4 aromatic rings. The number of aromatic amines is 1. The first kappa shape index (κ1) is 26.2. The van der Waals surface area contributed by atoms with Gasteiger partial charge in [0.1, 0.15) is 12.1 Å². The van der Waals surface area contributed by atoms with E-state index in [-0.39, 0.29) is 17.7 Å². The van der Waals surface area contributed by atoms with Crippen molar-refractivity contribution in [3.05, 3.63) is 84.4 Å². The maximum atomic E-state index is 13.6. The van der Waals surface area contributed by atoms with Crippen LogP contribution >= 0.6 is 0 Å². The van der Waals surface area contributed by atoms with Crippen LogP contribution in [0.2, 0.25) is 0 Å². The molecule has 0 radical (unpaired) electrons. The number of hydrogen-bond acceptors (Lipinski definition) is 4. The molecule has 1 saturated heterocycles. The van der Waals surface area contributed by atoms with Crippen LogP contribution in [0, 0.1) is 0 Å². The Morgan fingerprint density at radius 3 is 2.33 bits per heavy atom. The first-order chi connectivity index (χ1) is 18.8. The Kier molecular flexibility index (Phi) is 7.47. The summed E-state index contributed by atoms with van der Waals surface area (Å²) in [4.78, 5) is 45.3. The number of carbonyl (C=O) groups is 3. The molecule has 39 heavy (non-hydrogen) atoms. The number of likely N-dealkylation sites (tertiary alicyclic amines) is 1. The highest BCUT2D eigenvalue weighted by Crippen LogP contribution is 2.29. The maximum Gasteiger partial charge on any atom is 0.247 e. The summed E-state index contributed by atoms with van der Waals surface area (Å²) in [5, 5.41) is 6.78. The van der Waals surface area contributed by atoms with Crippen molar-refractivity contribution in [1.82, 2.24) is 14.8 Å². The molecule has 1 aliphatic heterocycles. The van der Waals surface area contributed by atoms with Gasteiger partial charge in [-0.1, -0.05) is 42.5 Å². The van der Waals surface area contributed by atoms with E-state index < -0.39 is 12.1 Å². The van der Waals surface area contributed by atoms with E-state index in [0.717, 1.165) is 39.8 Å². The van der Waals surface area contributed by atoms with Gasteiger partial charge in [-0.15, -0.1) is 0 Å². The van der Waals surface area contributed by atoms with Crippen LogP contribution in [0.3, 0.4) is 0 Å². The molecular formula is C31H33N5O3. The lowest BCUT2D eigenvalue weighted by Crippen LogP contribution is -2.47. The minimum atomic E-state index is -0.511. The van der Waals surface area contributed by atoms with E-state index in [0.29, 0.717) is 18.7 Å². The Balaban J connectivity index is 1.31. The second kappa shape index (κ2) is 11.1. The average molecular weight is 524 g/mol. The number of benzene rings is 3. The minimum Gasteiger partial charge on any atom is -0.355 e. The van der Waals surface area contributed by atoms with Crippen molar-refractivity contribution in [2.24, 2.45) is 0 Å². The fraction of sp³-hybridized carbons (Fsp3) is 0.258. The van der Waals surface area contributed by atoms with Gasteiger partial charge in [0.25, 0.3) is 0 Å². The molecule has 0 bridgehead atoms. The molecule has 3 amide bonds. The van der Waals surface area contributed by atoms with Gasteiger partial charge >= 0.3 is 0 Å². The largest absolute Gasteiger partial charge is 0.355 e. The standard InChI is InChI=1S/C31H33N5O3/c1-20(37)32-24-13-11-21(12-14-24)27-19-23-18-25(15-16-26(23)34-27)33-30(38)28-10-7-17-36(28)31(39)29(35(2)3)22-8-5-4-6-9-22/h4-6,8-9,11-16,18-19,28-29,34H,7,10,17H2,1-3H3,(H,32,37)(H,33,38)/t28-,29?/m0/s1. The summed E-state index contributed by atoms with van der Waals surface area (Å²) < 4.78 is 0. The highest BCUT2D eigenvalue weighted by molar-refractivity contribution is 6.00. The van der Waals surface area contributed by atoms with E-state index >= 15 is 0 Å². The lowest BCUT2D eigenvalue weighted by molar-refractivity contribution is -0.140. The molecule has 200 valence electrons. The first-order valence-electron chi connectivity index (χ1n) is 13.1. The number of fused-ring (bicyclic) bond motifs is 1. The summed E-state index contributed by atoms with van der Waals surface area (Å²) in [7, 11) is 3.77. The lowest BCUT2D eigenvalue weighted by Gasteiger charge is -2.31. The molecule has 0 spiro atoms. The van der Waals surface area contributed by atoms with Crippen LogP contribution in [0.1, 0.15) is 31.4 Å². The van der Waals surface area contributed by atoms with Gasteiger partial charge in [-0.2, -0.15) is 0 Å². The third-order valence-corrected chi connectivity index (χ3v) is 7.11. The van der Waals surface area contributed by atoms with Crippen LogP contribution in [-0.2, 0) is 14.4 Å². The van der Waals surface area contributed by atoms with Crippen molar-refractivity contribution >= 4 is 40.0 Å². The zero-order valence-electron chi connectivity index (χ0n) is 22.4. The summed E-state index contributed by atoms with van der Waals surface area (Å²) in [6.45, 7) is 2.05. The Labute approximate surface area is 228 Å². The van der Waals surface area contributed by atoms with E-state index in [1.165, 1.54) is 6.92 Å². The summed E-state index contributed by atoms with van der Waals surface area (Å²) in [6.07, 6.45) is 1.43. The number of hydrogen-bond donors (Lipinski definition) is 3. The Hall–Kier alpha value is -4.43. The summed E-state index contributed by atoms with van der Waals surface area (Å²) in [5.41, 5.74) is 5.21. The Morgan fingerprint density at radius 1 is 0.923 bits per heavy atom. The molecule has 1 aliphatic rings. The van der Waals surface area contributed by atoms with Crippen LogP contribution in [0.4, 0.5) is 11.4 Å². The van der Waals surface area contributed by atoms with Gasteiger partial charge in [0.05, 0.1) is 0 Å².